The van der Waals surface area contributed by atoms with E-state index in [4.69, 9.17) is 0 Å². The number of hydrogen-bond donors (Lipinski definition) is 1. The molecule has 24 heavy (non-hydrogen) atoms. The number of hydrogen-bond acceptors (Lipinski definition) is 4. The molecule has 1 amide bonds. The maximum Gasteiger partial charge on any atom is 0.272 e. The molecule has 0 bridgehead atoms. The minimum atomic E-state index is -0.270. The van der Waals surface area contributed by atoms with Gasteiger partial charge in [0.25, 0.3) is 5.91 Å². The van der Waals surface area contributed by atoms with E-state index in [0.717, 1.165) is 24.1 Å². The third kappa shape index (κ3) is 5.01. The minimum Gasteiger partial charge on any atom is -0.350 e. The summed E-state index contributed by atoms with van der Waals surface area (Å²) in [6.07, 6.45) is 1.99. The molecule has 2 rings (SSSR count). The van der Waals surface area contributed by atoms with Crippen LogP contribution in [0, 0.1) is 12.7 Å². The summed E-state index contributed by atoms with van der Waals surface area (Å²) in [5.74, 6) is 0.0129. The quantitative estimate of drug-likeness (QED) is 0.845. The highest BCUT2D eigenvalue weighted by Crippen LogP contribution is 2.10. The van der Waals surface area contributed by atoms with Crippen molar-refractivity contribution in [2.45, 2.75) is 33.2 Å². The van der Waals surface area contributed by atoms with E-state index in [0.29, 0.717) is 24.7 Å². The first kappa shape index (κ1) is 17.8. The zero-order chi connectivity index (χ0) is 17.5. The second-order valence-electron chi connectivity index (χ2n) is 5.78. The molecule has 0 saturated carbocycles. The number of nitrogens with zero attached hydrogens (tertiary/aromatic N) is 3. The number of halogens is 1. The second-order valence-corrected chi connectivity index (χ2v) is 5.78. The van der Waals surface area contributed by atoms with Crippen LogP contribution in [0.4, 0.5) is 10.3 Å². The minimum absolute atomic E-state index is 0.112. The first-order valence-corrected chi connectivity index (χ1v) is 8.09. The van der Waals surface area contributed by atoms with E-state index in [1.165, 1.54) is 12.1 Å². The normalized spacial score (nSPS) is 10.5. The van der Waals surface area contributed by atoms with Crippen molar-refractivity contribution in [3.63, 3.8) is 0 Å². The van der Waals surface area contributed by atoms with Crippen molar-refractivity contribution in [1.82, 2.24) is 14.9 Å². The van der Waals surface area contributed by atoms with Crippen LogP contribution in [-0.4, -0.2) is 34.4 Å². The van der Waals surface area contributed by atoms with Crippen LogP contribution >= 0.6 is 0 Å². The van der Waals surface area contributed by atoms with Crippen molar-refractivity contribution in [1.29, 1.82) is 0 Å². The Morgan fingerprint density at radius 1 is 1.25 bits per heavy atom. The number of aryl methyl sites for hydroxylation is 1. The van der Waals surface area contributed by atoms with E-state index >= 15 is 0 Å². The molecule has 6 heteroatoms. The Morgan fingerprint density at radius 2 is 1.96 bits per heavy atom. The van der Waals surface area contributed by atoms with Gasteiger partial charge >= 0.3 is 0 Å². The summed E-state index contributed by atoms with van der Waals surface area (Å²) in [4.78, 5) is 22.7. The maximum atomic E-state index is 12.9. The molecule has 1 heterocycles. The maximum absolute atomic E-state index is 12.9. The van der Waals surface area contributed by atoms with Crippen LogP contribution in [0.15, 0.2) is 30.3 Å². The largest absolute Gasteiger partial charge is 0.350 e. The van der Waals surface area contributed by atoms with Gasteiger partial charge in [-0.25, -0.2) is 14.4 Å². The summed E-state index contributed by atoms with van der Waals surface area (Å²) < 4.78 is 12.9. The molecular weight excluding hydrogens is 307 g/mol. The lowest BCUT2D eigenvalue weighted by Gasteiger charge is -2.17. The predicted octanol–water partition coefficient (Wildman–Crippen LogP) is 3.41. The Kier molecular flexibility index (Phi) is 6.23. The molecule has 0 saturated heterocycles. The molecule has 0 fully saturated rings. The fourth-order valence-corrected chi connectivity index (χ4v) is 2.23. The van der Waals surface area contributed by atoms with E-state index in [-0.39, 0.29) is 11.7 Å². The summed E-state index contributed by atoms with van der Waals surface area (Å²) in [7, 11) is 1.78. The fourth-order valence-electron chi connectivity index (χ4n) is 2.23. The highest BCUT2D eigenvalue weighted by Gasteiger charge is 2.14. The molecule has 0 aliphatic carbocycles. The fraction of sp³-hybridized carbons (Fsp3) is 0.389. The van der Waals surface area contributed by atoms with E-state index in [1.807, 2.05) is 6.92 Å². The van der Waals surface area contributed by atoms with Crippen LogP contribution in [0.2, 0.25) is 0 Å². The van der Waals surface area contributed by atoms with Gasteiger partial charge < -0.3 is 10.2 Å². The van der Waals surface area contributed by atoms with Crippen LogP contribution in [0.5, 0.6) is 0 Å². The summed E-state index contributed by atoms with van der Waals surface area (Å²) in [5, 5.41) is 3.08. The van der Waals surface area contributed by atoms with Gasteiger partial charge in [-0.15, -0.1) is 0 Å². The predicted molar refractivity (Wildman–Crippen MR) is 92.4 cm³/mol. The van der Waals surface area contributed by atoms with Gasteiger partial charge in [0, 0.05) is 25.8 Å². The van der Waals surface area contributed by atoms with Crippen LogP contribution in [0.1, 0.15) is 41.5 Å². The van der Waals surface area contributed by atoms with Crippen molar-refractivity contribution >= 4 is 11.9 Å². The van der Waals surface area contributed by atoms with Crippen LogP contribution in [0.3, 0.4) is 0 Å². The first-order valence-electron chi connectivity index (χ1n) is 8.09. The zero-order valence-electron chi connectivity index (χ0n) is 14.3. The molecule has 5 nitrogen and oxygen atoms in total. The summed E-state index contributed by atoms with van der Waals surface area (Å²) in [6.45, 7) is 5.08. The zero-order valence-corrected chi connectivity index (χ0v) is 14.3. The summed E-state index contributed by atoms with van der Waals surface area (Å²) >= 11 is 0. The molecule has 1 N–H and O–H groups in total. The number of unbranched alkanes of at least 4 members (excludes halogenated alkanes) is 1. The number of anilines is 1. The van der Waals surface area contributed by atoms with Crippen LogP contribution in [0.25, 0.3) is 0 Å². The van der Waals surface area contributed by atoms with E-state index in [1.54, 1.807) is 30.1 Å². The summed E-state index contributed by atoms with van der Waals surface area (Å²) in [6, 6.07) is 7.90. The van der Waals surface area contributed by atoms with Gasteiger partial charge in [0.05, 0.1) is 0 Å². The van der Waals surface area contributed by atoms with Crippen molar-refractivity contribution in [3.8, 4) is 0 Å². The second kappa shape index (κ2) is 8.38. The molecule has 0 atom stereocenters. The number of carbonyl (C=O) groups excluding carboxylic acids is 1. The number of amides is 1. The average molecular weight is 330 g/mol. The Labute approximate surface area is 141 Å². The van der Waals surface area contributed by atoms with Gasteiger partial charge in [0.1, 0.15) is 11.5 Å². The molecule has 0 spiro atoms. The lowest BCUT2D eigenvalue weighted by molar-refractivity contribution is 0.0787. The van der Waals surface area contributed by atoms with Crippen molar-refractivity contribution in [3.05, 3.63) is 53.1 Å². The van der Waals surface area contributed by atoms with E-state index in [2.05, 4.69) is 22.2 Å². The first-order chi connectivity index (χ1) is 11.5. The van der Waals surface area contributed by atoms with Gasteiger partial charge in [-0.1, -0.05) is 25.5 Å². The Bertz CT molecular complexity index is 688. The van der Waals surface area contributed by atoms with Crippen LogP contribution < -0.4 is 5.32 Å². The Hall–Kier alpha value is -2.50. The van der Waals surface area contributed by atoms with E-state index in [9.17, 15) is 9.18 Å². The highest BCUT2D eigenvalue weighted by molar-refractivity contribution is 5.92. The summed E-state index contributed by atoms with van der Waals surface area (Å²) in [5.41, 5.74) is 2.01. The Balaban J connectivity index is 2.07. The molecule has 1 aromatic heterocycles. The number of rotatable bonds is 7. The topological polar surface area (TPSA) is 58.1 Å². The number of benzene rings is 1. The lowest BCUT2D eigenvalue weighted by atomic mass is 10.2. The third-order valence-corrected chi connectivity index (χ3v) is 3.63. The molecule has 2 aromatic rings. The monoisotopic (exact) mass is 330 g/mol. The third-order valence-electron chi connectivity index (χ3n) is 3.63. The average Bonchev–Trinajstić information content (AvgIpc) is 2.58. The van der Waals surface area contributed by atoms with Gasteiger partial charge in [0.2, 0.25) is 5.95 Å². The standard InChI is InChI=1S/C18H23FN4O/c1-4-5-10-23(3)17(24)16-11-13(2)21-18(22-16)20-12-14-6-8-15(19)9-7-14/h6-9,11H,4-5,10,12H2,1-3H3,(H,20,21,22). The molecule has 0 unspecified atom stereocenters. The van der Waals surface area contributed by atoms with Crippen molar-refractivity contribution in [2.75, 3.05) is 18.9 Å². The molecule has 0 aliphatic rings. The van der Waals surface area contributed by atoms with E-state index < -0.39 is 0 Å². The number of nitrogens with one attached hydrogen (secondary N) is 1. The number of carbonyl (C=O) groups is 1. The molecular formula is C18H23FN4O. The van der Waals surface area contributed by atoms with Gasteiger partial charge in [-0.3, -0.25) is 4.79 Å². The SMILES string of the molecule is CCCCN(C)C(=O)c1cc(C)nc(NCc2ccc(F)cc2)n1. The number of aromatic nitrogens is 2. The smallest absolute Gasteiger partial charge is 0.272 e. The molecule has 128 valence electrons. The van der Waals surface area contributed by atoms with Crippen molar-refractivity contribution < 1.29 is 9.18 Å². The Morgan fingerprint density at radius 3 is 2.62 bits per heavy atom. The van der Waals surface area contributed by atoms with Gasteiger partial charge in [0.15, 0.2) is 0 Å². The van der Waals surface area contributed by atoms with Gasteiger partial charge in [-0.05, 0) is 37.1 Å². The molecule has 0 aliphatic heterocycles. The highest BCUT2D eigenvalue weighted by atomic mass is 19.1. The molecule has 0 radical (unpaired) electrons. The lowest BCUT2D eigenvalue weighted by Crippen LogP contribution is -2.28. The molecule has 1 aromatic carbocycles. The van der Waals surface area contributed by atoms with Crippen LogP contribution in [-0.2, 0) is 6.54 Å². The van der Waals surface area contributed by atoms with Gasteiger partial charge in [-0.2, -0.15) is 0 Å². The van der Waals surface area contributed by atoms with Crippen molar-refractivity contribution in [2.24, 2.45) is 0 Å².